The van der Waals surface area contributed by atoms with Crippen LogP contribution >= 0.6 is 11.6 Å². The van der Waals surface area contributed by atoms with E-state index in [0.29, 0.717) is 6.04 Å². The van der Waals surface area contributed by atoms with Gasteiger partial charge >= 0.3 is 0 Å². The van der Waals surface area contributed by atoms with Gasteiger partial charge in [0.15, 0.2) is 0 Å². The summed E-state index contributed by atoms with van der Waals surface area (Å²) in [5, 5.41) is 4.52. The lowest BCUT2D eigenvalue weighted by Gasteiger charge is -2.36. The first kappa shape index (κ1) is 14.9. The van der Waals surface area contributed by atoms with Crippen LogP contribution in [0.3, 0.4) is 0 Å². The lowest BCUT2D eigenvalue weighted by atomic mass is 9.74. The molecule has 1 aliphatic carbocycles. The molecule has 2 rings (SSSR count). The Bertz CT molecular complexity index is 373. The molecule has 2 heteroatoms. The fourth-order valence-electron chi connectivity index (χ4n) is 3.41. The highest BCUT2D eigenvalue weighted by molar-refractivity contribution is 6.30. The zero-order valence-corrected chi connectivity index (χ0v) is 12.9. The first-order valence-corrected chi connectivity index (χ1v) is 8.08. The van der Waals surface area contributed by atoms with Gasteiger partial charge in [-0.1, -0.05) is 44.0 Å². The lowest BCUT2D eigenvalue weighted by molar-refractivity contribution is 0.200. The van der Waals surface area contributed by atoms with Crippen molar-refractivity contribution in [1.29, 1.82) is 0 Å². The monoisotopic (exact) mass is 279 g/mol. The van der Waals surface area contributed by atoms with E-state index in [0.717, 1.165) is 23.4 Å². The summed E-state index contributed by atoms with van der Waals surface area (Å²) < 4.78 is 0. The molecule has 1 aliphatic rings. The van der Waals surface area contributed by atoms with E-state index in [-0.39, 0.29) is 0 Å². The maximum Gasteiger partial charge on any atom is 0.0406 e. The van der Waals surface area contributed by atoms with Gasteiger partial charge in [0.1, 0.15) is 0 Å². The molecule has 106 valence electrons. The number of hydrogen-bond acceptors (Lipinski definition) is 1. The van der Waals surface area contributed by atoms with Crippen LogP contribution in [0.4, 0.5) is 0 Å². The van der Waals surface area contributed by atoms with E-state index in [1.54, 1.807) is 0 Å². The quantitative estimate of drug-likeness (QED) is 0.825. The molecule has 1 nitrogen and oxygen atoms in total. The number of nitrogens with one attached hydrogen (secondary N) is 1. The van der Waals surface area contributed by atoms with Crippen molar-refractivity contribution in [1.82, 2.24) is 5.32 Å². The van der Waals surface area contributed by atoms with Crippen LogP contribution in [0.25, 0.3) is 0 Å². The van der Waals surface area contributed by atoms with E-state index < -0.39 is 0 Å². The molecule has 0 aromatic heterocycles. The van der Waals surface area contributed by atoms with E-state index in [2.05, 4.69) is 31.3 Å². The summed E-state index contributed by atoms with van der Waals surface area (Å²) in [5.41, 5.74) is 1.43. The molecule has 0 heterocycles. The predicted octanol–water partition coefficient (Wildman–Crippen LogP) is 4.69. The summed E-state index contributed by atoms with van der Waals surface area (Å²) in [6, 6.07) is 9.09. The average molecular weight is 280 g/mol. The summed E-state index contributed by atoms with van der Waals surface area (Å²) in [6.07, 6.45) is 6.62. The molecule has 3 unspecified atom stereocenters. The minimum Gasteiger partial charge on any atom is -0.314 e. The standard InChI is InChI=1S/C17H26ClN/c1-3-13-7-10-17(19-4-2)15(11-13)12-14-5-8-16(18)9-6-14/h5-6,8-9,13,15,17,19H,3-4,7,10-12H2,1-2H3. The molecule has 19 heavy (non-hydrogen) atoms. The second-order valence-corrected chi connectivity index (χ2v) is 6.28. The zero-order valence-electron chi connectivity index (χ0n) is 12.2. The van der Waals surface area contributed by atoms with Crippen LogP contribution in [0.15, 0.2) is 24.3 Å². The molecule has 0 amide bonds. The van der Waals surface area contributed by atoms with Crippen LogP contribution < -0.4 is 5.32 Å². The maximum absolute atomic E-state index is 5.97. The molecule has 0 spiro atoms. The lowest BCUT2D eigenvalue weighted by Crippen LogP contribution is -2.41. The van der Waals surface area contributed by atoms with Gasteiger partial charge in [-0.2, -0.15) is 0 Å². The highest BCUT2D eigenvalue weighted by Crippen LogP contribution is 2.33. The Morgan fingerprint density at radius 2 is 1.89 bits per heavy atom. The molecule has 1 aromatic rings. The molecule has 3 atom stereocenters. The van der Waals surface area contributed by atoms with Crippen molar-refractivity contribution in [2.24, 2.45) is 11.8 Å². The van der Waals surface area contributed by atoms with E-state index >= 15 is 0 Å². The molecule has 1 fully saturated rings. The van der Waals surface area contributed by atoms with Gasteiger partial charge in [-0.15, -0.1) is 0 Å². The second kappa shape index (κ2) is 7.31. The van der Waals surface area contributed by atoms with Crippen molar-refractivity contribution >= 4 is 11.6 Å². The minimum absolute atomic E-state index is 0.698. The van der Waals surface area contributed by atoms with Crippen LogP contribution in [0.5, 0.6) is 0 Å². The zero-order chi connectivity index (χ0) is 13.7. The topological polar surface area (TPSA) is 12.0 Å². The molecule has 1 aromatic carbocycles. The Morgan fingerprint density at radius 3 is 2.53 bits per heavy atom. The number of benzene rings is 1. The molecular weight excluding hydrogens is 254 g/mol. The Kier molecular flexibility index (Phi) is 5.72. The van der Waals surface area contributed by atoms with E-state index in [1.165, 1.54) is 37.7 Å². The number of halogens is 1. The smallest absolute Gasteiger partial charge is 0.0406 e. The van der Waals surface area contributed by atoms with Crippen molar-refractivity contribution < 1.29 is 0 Å². The van der Waals surface area contributed by atoms with Gasteiger partial charge in [-0.25, -0.2) is 0 Å². The van der Waals surface area contributed by atoms with Gasteiger partial charge < -0.3 is 5.32 Å². The highest BCUT2D eigenvalue weighted by Gasteiger charge is 2.29. The van der Waals surface area contributed by atoms with Gasteiger partial charge in [0.25, 0.3) is 0 Å². The summed E-state index contributed by atoms with van der Waals surface area (Å²) in [5.74, 6) is 1.70. The Hall–Kier alpha value is -0.530. The summed E-state index contributed by atoms with van der Waals surface area (Å²) in [4.78, 5) is 0. The fourth-order valence-corrected chi connectivity index (χ4v) is 3.54. The van der Waals surface area contributed by atoms with E-state index in [1.807, 2.05) is 12.1 Å². The molecular formula is C17H26ClN. The number of hydrogen-bond donors (Lipinski definition) is 1. The molecule has 0 radical (unpaired) electrons. The van der Waals surface area contributed by atoms with E-state index in [9.17, 15) is 0 Å². The minimum atomic E-state index is 0.698. The Balaban J connectivity index is 2.02. The Morgan fingerprint density at radius 1 is 1.16 bits per heavy atom. The van der Waals surface area contributed by atoms with Gasteiger partial charge in [0, 0.05) is 11.1 Å². The average Bonchev–Trinajstić information content (AvgIpc) is 2.43. The van der Waals surface area contributed by atoms with Crippen LogP contribution in [0.1, 0.15) is 45.1 Å². The van der Waals surface area contributed by atoms with Crippen LogP contribution in [-0.2, 0) is 6.42 Å². The van der Waals surface area contributed by atoms with Crippen molar-refractivity contribution in [3.05, 3.63) is 34.9 Å². The normalized spacial score (nSPS) is 27.4. The van der Waals surface area contributed by atoms with Gasteiger partial charge in [-0.05, 0) is 61.8 Å². The first-order valence-electron chi connectivity index (χ1n) is 7.70. The third kappa shape index (κ3) is 4.22. The fraction of sp³-hybridized carbons (Fsp3) is 0.647. The summed E-state index contributed by atoms with van der Waals surface area (Å²) >= 11 is 5.97. The third-order valence-corrected chi connectivity index (χ3v) is 4.80. The van der Waals surface area contributed by atoms with Crippen LogP contribution in [-0.4, -0.2) is 12.6 Å². The third-order valence-electron chi connectivity index (χ3n) is 4.55. The van der Waals surface area contributed by atoms with Gasteiger partial charge in [0.2, 0.25) is 0 Å². The highest BCUT2D eigenvalue weighted by atomic mass is 35.5. The van der Waals surface area contributed by atoms with Crippen molar-refractivity contribution in [3.63, 3.8) is 0 Å². The summed E-state index contributed by atoms with van der Waals surface area (Å²) in [7, 11) is 0. The van der Waals surface area contributed by atoms with Crippen molar-refractivity contribution in [2.45, 2.75) is 52.0 Å². The number of rotatable bonds is 5. The Labute approximate surface area is 122 Å². The second-order valence-electron chi connectivity index (χ2n) is 5.84. The molecule has 1 N–H and O–H groups in total. The van der Waals surface area contributed by atoms with Gasteiger partial charge in [-0.3, -0.25) is 0 Å². The summed E-state index contributed by atoms with van der Waals surface area (Å²) in [6.45, 7) is 5.63. The molecule has 0 saturated heterocycles. The molecule has 1 saturated carbocycles. The van der Waals surface area contributed by atoms with Crippen molar-refractivity contribution in [3.8, 4) is 0 Å². The van der Waals surface area contributed by atoms with Crippen LogP contribution in [0.2, 0.25) is 5.02 Å². The SMILES string of the molecule is CCNC1CCC(CC)CC1Cc1ccc(Cl)cc1. The first-order chi connectivity index (χ1) is 9.22. The van der Waals surface area contributed by atoms with Gasteiger partial charge in [0.05, 0.1) is 0 Å². The van der Waals surface area contributed by atoms with Crippen molar-refractivity contribution in [2.75, 3.05) is 6.54 Å². The molecule has 0 aliphatic heterocycles. The maximum atomic E-state index is 5.97. The molecule has 0 bridgehead atoms. The van der Waals surface area contributed by atoms with E-state index in [4.69, 9.17) is 11.6 Å². The van der Waals surface area contributed by atoms with Crippen LogP contribution in [0, 0.1) is 11.8 Å². The largest absolute Gasteiger partial charge is 0.314 e. The predicted molar refractivity (Wildman–Crippen MR) is 83.7 cm³/mol.